The van der Waals surface area contributed by atoms with E-state index in [1.807, 2.05) is 23.6 Å². The molecule has 0 atom stereocenters. The first-order valence-corrected chi connectivity index (χ1v) is 6.43. The smallest absolute Gasteiger partial charge is 0.274 e. The maximum atomic E-state index is 12.2. The second-order valence-electron chi connectivity index (χ2n) is 3.88. The number of hydrogen-bond acceptors (Lipinski definition) is 4. The van der Waals surface area contributed by atoms with E-state index in [4.69, 9.17) is 5.73 Å². The van der Waals surface area contributed by atoms with Gasteiger partial charge in [-0.15, -0.1) is 0 Å². The quantitative estimate of drug-likeness (QED) is 0.776. The molecule has 6 heteroatoms. The van der Waals surface area contributed by atoms with Crippen molar-refractivity contribution < 1.29 is 4.79 Å². The standard InChI is InChI=1S/C10H16N4OS/c1-7-8(11)9(13(2)12-7)10(15)14-3-5-16-6-4-14/h3-6,11H2,1-2H3. The lowest BCUT2D eigenvalue weighted by Crippen LogP contribution is -2.39. The number of nitrogens with zero attached hydrogens (tertiary/aromatic N) is 3. The maximum absolute atomic E-state index is 12.2. The molecule has 0 unspecified atom stereocenters. The Morgan fingerprint density at radius 2 is 2.06 bits per heavy atom. The van der Waals surface area contributed by atoms with Gasteiger partial charge in [0.2, 0.25) is 0 Å². The van der Waals surface area contributed by atoms with Crippen molar-refractivity contribution in [2.24, 2.45) is 7.05 Å². The van der Waals surface area contributed by atoms with Gasteiger partial charge < -0.3 is 10.6 Å². The predicted molar refractivity (Wildman–Crippen MR) is 65.6 cm³/mol. The zero-order valence-corrected chi connectivity index (χ0v) is 10.4. The molecule has 1 fully saturated rings. The van der Waals surface area contributed by atoms with Gasteiger partial charge in [0.15, 0.2) is 0 Å². The lowest BCUT2D eigenvalue weighted by atomic mass is 10.2. The Bertz CT molecular complexity index is 409. The van der Waals surface area contributed by atoms with Crippen LogP contribution in [0.1, 0.15) is 16.2 Å². The second-order valence-corrected chi connectivity index (χ2v) is 5.10. The van der Waals surface area contributed by atoms with E-state index in [1.54, 1.807) is 11.7 Å². The van der Waals surface area contributed by atoms with Gasteiger partial charge in [0.1, 0.15) is 5.69 Å². The molecule has 0 aliphatic carbocycles. The number of anilines is 1. The molecule has 5 nitrogen and oxygen atoms in total. The molecule has 0 spiro atoms. The summed E-state index contributed by atoms with van der Waals surface area (Å²) in [6.07, 6.45) is 0. The molecule has 1 amide bonds. The summed E-state index contributed by atoms with van der Waals surface area (Å²) in [6.45, 7) is 3.42. The van der Waals surface area contributed by atoms with Crippen LogP contribution in [-0.4, -0.2) is 45.2 Å². The van der Waals surface area contributed by atoms with Gasteiger partial charge in [-0.05, 0) is 6.92 Å². The van der Waals surface area contributed by atoms with Gasteiger partial charge in [-0.25, -0.2) is 0 Å². The van der Waals surface area contributed by atoms with Gasteiger partial charge in [0, 0.05) is 31.6 Å². The Labute approximate surface area is 99.0 Å². The van der Waals surface area contributed by atoms with Crippen LogP contribution in [0.3, 0.4) is 0 Å². The number of aryl methyl sites for hydroxylation is 2. The topological polar surface area (TPSA) is 64.2 Å². The summed E-state index contributed by atoms with van der Waals surface area (Å²) in [7, 11) is 1.76. The third-order valence-corrected chi connectivity index (χ3v) is 3.71. The highest BCUT2D eigenvalue weighted by molar-refractivity contribution is 7.99. The van der Waals surface area contributed by atoms with E-state index in [0.717, 1.165) is 30.3 Å². The summed E-state index contributed by atoms with van der Waals surface area (Å²) in [5.74, 6) is 2.01. The van der Waals surface area contributed by atoms with E-state index >= 15 is 0 Å². The van der Waals surface area contributed by atoms with E-state index in [-0.39, 0.29) is 5.91 Å². The summed E-state index contributed by atoms with van der Waals surface area (Å²) in [5, 5.41) is 4.17. The van der Waals surface area contributed by atoms with E-state index in [0.29, 0.717) is 11.4 Å². The van der Waals surface area contributed by atoms with Crippen LogP contribution in [0.2, 0.25) is 0 Å². The molecule has 0 bridgehead atoms. The van der Waals surface area contributed by atoms with Crippen LogP contribution in [0, 0.1) is 6.92 Å². The third kappa shape index (κ3) is 1.89. The van der Waals surface area contributed by atoms with Crippen molar-refractivity contribution >= 4 is 23.4 Å². The molecule has 1 aromatic rings. The van der Waals surface area contributed by atoms with Gasteiger partial charge in [-0.1, -0.05) is 0 Å². The lowest BCUT2D eigenvalue weighted by Gasteiger charge is -2.26. The molecule has 16 heavy (non-hydrogen) atoms. The first kappa shape index (κ1) is 11.3. The molecule has 1 aliphatic heterocycles. The maximum Gasteiger partial charge on any atom is 0.274 e. The molecular formula is C10H16N4OS. The molecule has 0 saturated carbocycles. The highest BCUT2D eigenvalue weighted by Crippen LogP contribution is 2.19. The fourth-order valence-corrected chi connectivity index (χ4v) is 2.75. The fourth-order valence-electron chi connectivity index (χ4n) is 1.84. The number of rotatable bonds is 1. The Morgan fingerprint density at radius 1 is 1.44 bits per heavy atom. The average Bonchev–Trinajstić information content (AvgIpc) is 2.54. The summed E-state index contributed by atoms with van der Waals surface area (Å²) >= 11 is 1.88. The number of hydrogen-bond donors (Lipinski definition) is 1. The summed E-state index contributed by atoms with van der Waals surface area (Å²) in [5.41, 5.74) is 7.62. The third-order valence-electron chi connectivity index (χ3n) is 2.77. The summed E-state index contributed by atoms with van der Waals surface area (Å²) in [4.78, 5) is 14.1. The van der Waals surface area contributed by atoms with Crippen molar-refractivity contribution in [3.63, 3.8) is 0 Å². The van der Waals surface area contributed by atoms with Crippen LogP contribution >= 0.6 is 11.8 Å². The van der Waals surface area contributed by atoms with Gasteiger partial charge in [-0.3, -0.25) is 9.48 Å². The Hall–Kier alpha value is -1.17. The lowest BCUT2D eigenvalue weighted by molar-refractivity contribution is 0.0762. The molecule has 0 radical (unpaired) electrons. The number of amides is 1. The first-order chi connectivity index (χ1) is 7.61. The predicted octanol–water partition coefficient (Wildman–Crippen LogP) is 0.500. The molecule has 0 aromatic carbocycles. The highest BCUT2D eigenvalue weighted by atomic mass is 32.2. The second kappa shape index (κ2) is 4.37. The normalized spacial score (nSPS) is 16.5. The van der Waals surface area contributed by atoms with Crippen molar-refractivity contribution in [2.75, 3.05) is 30.3 Å². The monoisotopic (exact) mass is 240 g/mol. The molecule has 88 valence electrons. The molecule has 1 saturated heterocycles. The van der Waals surface area contributed by atoms with Crippen molar-refractivity contribution in [1.82, 2.24) is 14.7 Å². The molecule has 2 N–H and O–H groups in total. The van der Waals surface area contributed by atoms with Gasteiger partial charge >= 0.3 is 0 Å². The Morgan fingerprint density at radius 3 is 2.56 bits per heavy atom. The largest absolute Gasteiger partial charge is 0.395 e. The SMILES string of the molecule is Cc1nn(C)c(C(=O)N2CCSCC2)c1N. The fraction of sp³-hybridized carbons (Fsp3) is 0.600. The zero-order chi connectivity index (χ0) is 11.7. The molecule has 2 rings (SSSR count). The molecule has 2 heterocycles. The van der Waals surface area contributed by atoms with Crippen molar-refractivity contribution in [1.29, 1.82) is 0 Å². The molecule has 1 aliphatic rings. The number of aromatic nitrogens is 2. The van der Waals surface area contributed by atoms with Crippen LogP contribution in [0.5, 0.6) is 0 Å². The van der Waals surface area contributed by atoms with E-state index in [2.05, 4.69) is 5.10 Å². The van der Waals surface area contributed by atoms with Crippen molar-refractivity contribution in [3.8, 4) is 0 Å². The minimum atomic E-state index is 0.000833. The number of nitrogens with two attached hydrogens (primary N) is 1. The van der Waals surface area contributed by atoms with E-state index in [1.165, 1.54) is 0 Å². The summed E-state index contributed by atoms with van der Waals surface area (Å²) in [6, 6.07) is 0. The zero-order valence-electron chi connectivity index (χ0n) is 9.56. The first-order valence-electron chi connectivity index (χ1n) is 5.27. The van der Waals surface area contributed by atoms with Crippen molar-refractivity contribution in [2.45, 2.75) is 6.92 Å². The van der Waals surface area contributed by atoms with Crippen LogP contribution in [0.15, 0.2) is 0 Å². The van der Waals surface area contributed by atoms with Crippen molar-refractivity contribution in [3.05, 3.63) is 11.4 Å². The van der Waals surface area contributed by atoms with Gasteiger partial charge in [0.05, 0.1) is 11.4 Å². The van der Waals surface area contributed by atoms with Gasteiger partial charge in [0.25, 0.3) is 5.91 Å². The van der Waals surface area contributed by atoms with Crippen LogP contribution in [-0.2, 0) is 7.05 Å². The number of carbonyl (C=O) groups excluding carboxylic acids is 1. The Balaban J connectivity index is 2.25. The van der Waals surface area contributed by atoms with Gasteiger partial charge in [-0.2, -0.15) is 16.9 Å². The highest BCUT2D eigenvalue weighted by Gasteiger charge is 2.24. The number of nitrogen functional groups attached to an aromatic ring is 1. The number of carbonyl (C=O) groups is 1. The van der Waals surface area contributed by atoms with Crippen LogP contribution in [0.25, 0.3) is 0 Å². The molecular weight excluding hydrogens is 224 g/mol. The average molecular weight is 240 g/mol. The minimum absolute atomic E-state index is 0.000833. The van der Waals surface area contributed by atoms with E-state index in [9.17, 15) is 4.79 Å². The molecule has 1 aromatic heterocycles. The summed E-state index contributed by atoms with van der Waals surface area (Å²) < 4.78 is 1.58. The number of thioether (sulfide) groups is 1. The Kier molecular flexibility index (Phi) is 3.09. The van der Waals surface area contributed by atoms with Crippen LogP contribution in [0.4, 0.5) is 5.69 Å². The minimum Gasteiger partial charge on any atom is -0.395 e. The van der Waals surface area contributed by atoms with E-state index < -0.39 is 0 Å². The van der Waals surface area contributed by atoms with Crippen LogP contribution < -0.4 is 5.73 Å².